The van der Waals surface area contributed by atoms with Crippen molar-refractivity contribution >= 4 is 12.0 Å². The number of hydrogen-bond acceptors (Lipinski definition) is 3. The van der Waals surface area contributed by atoms with E-state index in [1.165, 1.54) is 4.90 Å². The highest BCUT2D eigenvalue weighted by Crippen LogP contribution is 2.09. The van der Waals surface area contributed by atoms with Crippen LogP contribution in [0.3, 0.4) is 0 Å². The number of carboxylic acids is 1. The second-order valence-electron chi connectivity index (χ2n) is 4.14. The fourth-order valence-corrected chi connectivity index (χ4v) is 1.86. The van der Waals surface area contributed by atoms with Gasteiger partial charge in [0, 0.05) is 12.6 Å². The van der Waals surface area contributed by atoms with Gasteiger partial charge in [0.05, 0.1) is 6.61 Å². The van der Waals surface area contributed by atoms with Gasteiger partial charge in [-0.25, -0.2) is 9.59 Å². The lowest BCUT2D eigenvalue weighted by atomic mass is 10.1. The van der Waals surface area contributed by atoms with Crippen molar-refractivity contribution in [2.24, 2.45) is 0 Å². The second kappa shape index (κ2) is 8.74. The Balaban J connectivity index is 4.69. The smallest absolute Gasteiger partial charge is 0.326 e. The summed E-state index contributed by atoms with van der Waals surface area (Å²) in [7, 11) is 0. The molecule has 0 bridgehead atoms. The van der Waals surface area contributed by atoms with Crippen molar-refractivity contribution in [3.05, 3.63) is 0 Å². The van der Waals surface area contributed by atoms with Crippen LogP contribution in [0.4, 0.5) is 4.79 Å². The number of amides is 2. The van der Waals surface area contributed by atoms with Gasteiger partial charge in [-0.2, -0.15) is 0 Å². The third kappa shape index (κ3) is 4.91. The normalized spacial score (nSPS) is 12.3. The number of aliphatic carboxylic acids is 1. The highest BCUT2D eigenvalue weighted by Gasteiger charge is 2.24. The minimum atomic E-state index is -1.04. The summed E-state index contributed by atoms with van der Waals surface area (Å²) in [5, 5.41) is 20.4. The molecule has 3 N–H and O–H groups in total. The zero-order chi connectivity index (χ0) is 14.1. The van der Waals surface area contributed by atoms with Gasteiger partial charge < -0.3 is 20.4 Å². The zero-order valence-corrected chi connectivity index (χ0v) is 11.3. The van der Waals surface area contributed by atoms with Crippen LogP contribution >= 0.6 is 0 Å². The average molecular weight is 260 g/mol. The Morgan fingerprint density at radius 2 is 1.72 bits per heavy atom. The first-order valence-electron chi connectivity index (χ1n) is 6.42. The van der Waals surface area contributed by atoms with Crippen LogP contribution in [0.25, 0.3) is 0 Å². The number of carbonyl (C=O) groups is 2. The Morgan fingerprint density at radius 3 is 2.06 bits per heavy atom. The highest BCUT2D eigenvalue weighted by atomic mass is 16.4. The van der Waals surface area contributed by atoms with Crippen molar-refractivity contribution in [2.45, 2.75) is 52.1 Å². The first-order chi connectivity index (χ1) is 8.51. The molecule has 6 heteroatoms. The van der Waals surface area contributed by atoms with E-state index in [0.29, 0.717) is 6.42 Å². The maximum Gasteiger partial charge on any atom is 0.326 e. The number of urea groups is 1. The molecule has 0 aromatic rings. The van der Waals surface area contributed by atoms with Gasteiger partial charge in [0.25, 0.3) is 0 Å². The maximum absolute atomic E-state index is 12.0. The van der Waals surface area contributed by atoms with Crippen LogP contribution in [0.1, 0.15) is 40.0 Å². The molecule has 0 unspecified atom stereocenters. The standard InChI is InChI=1S/C12H24N2O4/c1-4-9(5-2)14(7-8-15)12(18)13-10(6-3)11(16)17/h9-10,15H,4-8H2,1-3H3,(H,13,18)(H,16,17)/t10-/m1/s1. The Bertz CT molecular complexity index is 267. The Morgan fingerprint density at radius 1 is 1.17 bits per heavy atom. The van der Waals surface area contributed by atoms with Crippen molar-refractivity contribution < 1.29 is 19.8 Å². The summed E-state index contributed by atoms with van der Waals surface area (Å²) < 4.78 is 0. The van der Waals surface area contributed by atoms with E-state index >= 15 is 0 Å². The fourth-order valence-electron chi connectivity index (χ4n) is 1.86. The summed E-state index contributed by atoms with van der Waals surface area (Å²) in [6.45, 7) is 5.70. The summed E-state index contributed by atoms with van der Waals surface area (Å²) in [6, 6.07) is -1.29. The quantitative estimate of drug-likeness (QED) is 0.608. The zero-order valence-electron chi connectivity index (χ0n) is 11.3. The molecule has 0 aliphatic rings. The van der Waals surface area contributed by atoms with Crippen molar-refractivity contribution in [1.82, 2.24) is 10.2 Å². The minimum absolute atomic E-state index is 0.0171. The molecule has 0 saturated carbocycles. The number of nitrogens with zero attached hydrogens (tertiary/aromatic N) is 1. The van der Waals surface area contributed by atoms with E-state index in [1.54, 1.807) is 6.92 Å². The number of hydrogen-bond donors (Lipinski definition) is 3. The van der Waals surface area contributed by atoms with E-state index in [4.69, 9.17) is 10.2 Å². The van der Waals surface area contributed by atoms with Crippen LogP contribution < -0.4 is 5.32 Å². The van der Waals surface area contributed by atoms with Crippen molar-refractivity contribution in [1.29, 1.82) is 0 Å². The summed E-state index contributed by atoms with van der Waals surface area (Å²) >= 11 is 0. The van der Waals surface area contributed by atoms with Gasteiger partial charge in [0.1, 0.15) is 6.04 Å². The molecule has 0 aliphatic heterocycles. The molecule has 6 nitrogen and oxygen atoms in total. The van der Waals surface area contributed by atoms with Crippen LogP contribution in [-0.4, -0.2) is 52.3 Å². The molecule has 1 atom stereocenters. The molecule has 0 fully saturated rings. The molecule has 18 heavy (non-hydrogen) atoms. The Hall–Kier alpha value is -1.30. The van der Waals surface area contributed by atoms with Crippen LogP contribution in [0.2, 0.25) is 0 Å². The maximum atomic E-state index is 12.0. The minimum Gasteiger partial charge on any atom is -0.480 e. The van der Waals surface area contributed by atoms with Crippen molar-refractivity contribution in [3.63, 3.8) is 0 Å². The lowest BCUT2D eigenvalue weighted by Crippen LogP contribution is -2.51. The molecule has 106 valence electrons. The highest BCUT2D eigenvalue weighted by molar-refractivity contribution is 5.82. The first-order valence-corrected chi connectivity index (χ1v) is 6.42. The van der Waals surface area contributed by atoms with Gasteiger partial charge in [-0.3, -0.25) is 0 Å². The molecular weight excluding hydrogens is 236 g/mol. The van der Waals surface area contributed by atoms with E-state index < -0.39 is 18.0 Å². The third-order valence-electron chi connectivity index (χ3n) is 2.99. The van der Waals surface area contributed by atoms with Crippen molar-refractivity contribution in [2.75, 3.05) is 13.2 Å². The lowest BCUT2D eigenvalue weighted by molar-refractivity contribution is -0.139. The van der Waals surface area contributed by atoms with Gasteiger partial charge in [0.2, 0.25) is 0 Å². The van der Waals surface area contributed by atoms with E-state index in [0.717, 1.165) is 12.8 Å². The van der Waals surface area contributed by atoms with Gasteiger partial charge >= 0.3 is 12.0 Å². The van der Waals surface area contributed by atoms with E-state index in [2.05, 4.69) is 5.32 Å². The van der Waals surface area contributed by atoms with Gasteiger partial charge in [-0.1, -0.05) is 20.8 Å². The SMILES string of the molecule is CCC(CC)N(CCO)C(=O)N[C@H](CC)C(=O)O. The number of aliphatic hydroxyl groups is 1. The first kappa shape index (κ1) is 16.7. The number of rotatable bonds is 8. The molecule has 2 amide bonds. The lowest BCUT2D eigenvalue weighted by Gasteiger charge is -2.31. The molecule has 0 saturated heterocycles. The predicted molar refractivity (Wildman–Crippen MR) is 68.4 cm³/mol. The molecule has 0 heterocycles. The molecule has 0 aromatic heterocycles. The second-order valence-corrected chi connectivity index (χ2v) is 4.14. The number of nitrogens with one attached hydrogen (secondary N) is 1. The van der Waals surface area contributed by atoms with Crippen LogP contribution in [0, 0.1) is 0 Å². The van der Waals surface area contributed by atoms with Crippen LogP contribution in [-0.2, 0) is 4.79 Å². The molecule has 0 aromatic carbocycles. The predicted octanol–water partition coefficient (Wildman–Crippen LogP) is 1.04. The summed E-state index contributed by atoms with van der Waals surface area (Å²) in [6.07, 6.45) is 1.87. The number of aliphatic hydroxyl groups excluding tert-OH is 1. The van der Waals surface area contributed by atoms with E-state index in [9.17, 15) is 9.59 Å². The summed E-state index contributed by atoms with van der Waals surface area (Å²) in [4.78, 5) is 24.4. The van der Waals surface area contributed by atoms with Crippen LogP contribution in [0.15, 0.2) is 0 Å². The number of carboxylic acid groups (broad SMARTS) is 1. The summed E-state index contributed by atoms with van der Waals surface area (Å²) in [5.41, 5.74) is 0. The molecule has 0 rings (SSSR count). The topological polar surface area (TPSA) is 89.9 Å². The van der Waals surface area contributed by atoms with Crippen molar-refractivity contribution in [3.8, 4) is 0 Å². The fraction of sp³-hybridized carbons (Fsp3) is 0.833. The Kier molecular flexibility index (Phi) is 8.11. The van der Waals surface area contributed by atoms with Gasteiger partial charge in [-0.15, -0.1) is 0 Å². The molecular formula is C12H24N2O4. The van der Waals surface area contributed by atoms with E-state index in [1.807, 2.05) is 13.8 Å². The van der Waals surface area contributed by atoms with Gasteiger partial charge in [-0.05, 0) is 19.3 Å². The van der Waals surface area contributed by atoms with E-state index in [-0.39, 0.29) is 19.2 Å². The average Bonchev–Trinajstić information content (AvgIpc) is 2.35. The Labute approximate surface area is 108 Å². The largest absolute Gasteiger partial charge is 0.480 e. The van der Waals surface area contributed by atoms with Crippen LogP contribution in [0.5, 0.6) is 0 Å². The molecule has 0 radical (unpaired) electrons. The summed E-state index contributed by atoms with van der Waals surface area (Å²) in [5.74, 6) is -1.04. The molecule has 0 spiro atoms. The third-order valence-corrected chi connectivity index (χ3v) is 2.99. The molecule has 0 aliphatic carbocycles. The van der Waals surface area contributed by atoms with Gasteiger partial charge in [0.15, 0.2) is 0 Å². The monoisotopic (exact) mass is 260 g/mol. The number of carbonyl (C=O) groups excluding carboxylic acids is 1.